The molecule has 1 fully saturated rings. The fourth-order valence-electron chi connectivity index (χ4n) is 3.54. The normalized spacial score (nSPS) is 14.3. The summed E-state index contributed by atoms with van der Waals surface area (Å²) in [5, 5.41) is 3.27. The lowest BCUT2D eigenvalue weighted by molar-refractivity contribution is 0.122. The van der Waals surface area contributed by atoms with E-state index in [-0.39, 0.29) is 5.82 Å². The Morgan fingerprint density at radius 3 is 2.76 bits per heavy atom. The summed E-state index contributed by atoms with van der Waals surface area (Å²) >= 11 is 0. The minimum absolute atomic E-state index is 0.273. The first-order valence-corrected chi connectivity index (χ1v) is 9.57. The van der Waals surface area contributed by atoms with E-state index in [1.165, 1.54) is 6.07 Å². The van der Waals surface area contributed by atoms with Gasteiger partial charge in [0.05, 0.1) is 36.1 Å². The topological polar surface area (TPSA) is 66.1 Å². The molecule has 0 atom stereocenters. The van der Waals surface area contributed by atoms with Gasteiger partial charge in [0.15, 0.2) is 0 Å². The quantitative estimate of drug-likeness (QED) is 0.543. The number of aromatic amines is 1. The number of fused-ring (bicyclic) bond motifs is 1. The first-order chi connectivity index (χ1) is 14.3. The van der Waals surface area contributed by atoms with Crippen molar-refractivity contribution in [3.05, 3.63) is 66.6 Å². The summed E-state index contributed by atoms with van der Waals surface area (Å²) in [6.07, 6.45) is 1.71. The first-order valence-electron chi connectivity index (χ1n) is 9.57. The van der Waals surface area contributed by atoms with Gasteiger partial charge in [-0.3, -0.25) is 0 Å². The largest absolute Gasteiger partial charge is 0.378 e. The molecule has 146 valence electrons. The van der Waals surface area contributed by atoms with Crippen molar-refractivity contribution in [2.45, 2.75) is 0 Å². The van der Waals surface area contributed by atoms with Gasteiger partial charge in [0.1, 0.15) is 5.82 Å². The van der Waals surface area contributed by atoms with Crippen LogP contribution in [0, 0.1) is 5.82 Å². The Labute approximate surface area is 167 Å². The van der Waals surface area contributed by atoms with Gasteiger partial charge >= 0.3 is 0 Å². The molecule has 6 nitrogen and oxygen atoms in total. The highest BCUT2D eigenvalue weighted by atomic mass is 19.1. The zero-order valence-electron chi connectivity index (χ0n) is 15.7. The summed E-state index contributed by atoms with van der Waals surface area (Å²) in [5.74, 6) is 0.223. The second kappa shape index (κ2) is 7.52. The molecule has 7 heteroatoms. The Morgan fingerprint density at radius 1 is 1.03 bits per heavy atom. The van der Waals surface area contributed by atoms with Crippen molar-refractivity contribution >= 4 is 28.4 Å². The summed E-state index contributed by atoms with van der Waals surface area (Å²) in [7, 11) is 0. The van der Waals surface area contributed by atoms with Gasteiger partial charge in [-0.15, -0.1) is 0 Å². The Morgan fingerprint density at radius 2 is 1.90 bits per heavy atom. The molecule has 2 aromatic heterocycles. The number of anilines is 3. The lowest BCUT2D eigenvalue weighted by atomic mass is 10.1. The van der Waals surface area contributed by atoms with E-state index in [9.17, 15) is 4.39 Å². The molecule has 0 saturated carbocycles. The van der Waals surface area contributed by atoms with E-state index in [0.29, 0.717) is 17.2 Å². The van der Waals surface area contributed by atoms with Crippen molar-refractivity contribution in [1.29, 1.82) is 0 Å². The van der Waals surface area contributed by atoms with Crippen molar-refractivity contribution in [2.24, 2.45) is 0 Å². The van der Waals surface area contributed by atoms with Gasteiger partial charge in [-0.05, 0) is 36.4 Å². The molecule has 0 amide bonds. The van der Waals surface area contributed by atoms with Crippen LogP contribution >= 0.6 is 0 Å². The summed E-state index contributed by atoms with van der Waals surface area (Å²) in [6.45, 7) is 3.26. The predicted octanol–water partition coefficient (Wildman–Crippen LogP) is 4.34. The summed E-state index contributed by atoms with van der Waals surface area (Å²) in [4.78, 5) is 14.5. The molecule has 1 aliphatic rings. The van der Waals surface area contributed by atoms with E-state index in [1.807, 2.05) is 24.3 Å². The third-order valence-corrected chi connectivity index (χ3v) is 5.01. The maximum atomic E-state index is 14.1. The highest BCUT2D eigenvalue weighted by Crippen LogP contribution is 2.27. The highest BCUT2D eigenvalue weighted by Gasteiger charge is 2.12. The molecule has 1 aliphatic heterocycles. The van der Waals surface area contributed by atoms with Gasteiger partial charge in [0, 0.05) is 30.0 Å². The van der Waals surface area contributed by atoms with Crippen molar-refractivity contribution in [3.8, 4) is 11.3 Å². The lowest BCUT2D eigenvalue weighted by Gasteiger charge is -2.29. The fourth-order valence-corrected chi connectivity index (χ4v) is 3.54. The van der Waals surface area contributed by atoms with Crippen LogP contribution in [-0.4, -0.2) is 41.3 Å². The molecule has 2 aromatic carbocycles. The minimum atomic E-state index is -0.273. The Hall–Kier alpha value is -3.45. The monoisotopic (exact) mass is 389 g/mol. The van der Waals surface area contributed by atoms with Gasteiger partial charge in [-0.1, -0.05) is 18.2 Å². The zero-order chi connectivity index (χ0) is 19.6. The van der Waals surface area contributed by atoms with Crippen molar-refractivity contribution in [1.82, 2.24) is 15.0 Å². The summed E-state index contributed by atoms with van der Waals surface area (Å²) in [6, 6.07) is 16.7. The second-order valence-electron chi connectivity index (χ2n) is 6.93. The van der Waals surface area contributed by atoms with E-state index in [4.69, 9.17) is 4.74 Å². The number of nitrogens with one attached hydrogen (secondary N) is 2. The number of nitrogens with zero attached hydrogens (tertiary/aromatic N) is 3. The number of benzene rings is 2. The molecule has 0 radical (unpaired) electrons. The minimum Gasteiger partial charge on any atom is -0.378 e. The van der Waals surface area contributed by atoms with E-state index in [1.54, 1.807) is 18.3 Å². The molecular formula is C22H20FN5O. The van der Waals surface area contributed by atoms with Crippen LogP contribution in [-0.2, 0) is 4.74 Å². The van der Waals surface area contributed by atoms with Crippen LogP contribution in [0.15, 0.2) is 60.8 Å². The van der Waals surface area contributed by atoms with Gasteiger partial charge < -0.3 is 19.9 Å². The third-order valence-electron chi connectivity index (χ3n) is 5.01. The molecular weight excluding hydrogens is 369 g/mol. The molecule has 0 bridgehead atoms. The van der Waals surface area contributed by atoms with Crippen molar-refractivity contribution in [3.63, 3.8) is 0 Å². The van der Waals surface area contributed by atoms with Crippen LogP contribution in [0.3, 0.4) is 0 Å². The SMILES string of the molecule is Fc1ccccc1-c1cc2nc(Nc3cccc(N4CCOCC4)c3)ncc2[nH]1. The third kappa shape index (κ3) is 3.64. The number of hydrogen-bond acceptors (Lipinski definition) is 5. The van der Waals surface area contributed by atoms with Crippen LogP contribution in [0.5, 0.6) is 0 Å². The molecule has 0 spiro atoms. The average molecular weight is 389 g/mol. The molecule has 3 heterocycles. The Balaban J connectivity index is 1.40. The molecule has 0 unspecified atom stereocenters. The van der Waals surface area contributed by atoms with Gasteiger partial charge in [-0.2, -0.15) is 0 Å². The van der Waals surface area contributed by atoms with E-state index in [2.05, 4.69) is 37.3 Å². The first kappa shape index (κ1) is 17.6. The maximum absolute atomic E-state index is 14.1. The zero-order valence-corrected chi connectivity index (χ0v) is 15.7. The Bertz CT molecular complexity index is 1150. The van der Waals surface area contributed by atoms with Crippen molar-refractivity contribution in [2.75, 3.05) is 36.5 Å². The smallest absolute Gasteiger partial charge is 0.227 e. The number of H-pyrrole nitrogens is 1. The molecule has 4 aromatic rings. The van der Waals surface area contributed by atoms with Crippen molar-refractivity contribution < 1.29 is 9.13 Å². The van der Waals surface area contributed by atoms with Gasteiger partial charge in [-0.25, -0.2) is 14.4 Å². The van der Waals surface area contributed by atoms with Crippen LogP contribution < -0.4 is 10.2 Å². The van der Waals surface area contributed by atoms with Gasteiger partial charge in [0.25, 0.3) is 0 Å². The van der Waals surface area contributed by atoms with Gasteiger partial charge in [0.2, 0.25) is 5.95 Å². The number of aromatic nitrogens is 3. The van der Waals surface area contributed by atoms with Crippen LogP contribution in [0.25, 0.3) is 22.3 Å². The van der Waals surface area contributed by atoms with Crippen LogP contribution in [0.4, 0.5) is 21.7 Å². The number of morpholine rings is 1. The fraction of sp³-hybridized carbons (Fsp3) is 0.182. The number of hydrogen-bond donors (Lipinski definition) is 2. The number of ether oxygens (including phenoxy) is 1. The van der Waals surface area contributed by atoms with E-state index >= 15 is 0 Å². The van der Waals surface area contributed by atoms with E-state index in [0.717, 1.165) is 48.7 Å². The molecule has 1 saturated heterocycles. The summed E-state index contributed by atoms with van der Waals surface area (Å²) < 4.78 is 19.5. The molecule has 5 rings (SSSR count). The summed E-state index contributed by atoms with van der Waals surface area (Å²) in [5.41, 5.74) is 4.74. The molecule has 0 aliphatic carbocycles. The molecule has 2 N–H and O–H groups in total. The predicted molar refractivity (Wildman–Crippen MR) is 112 cm³/mol. The number of halogens is 1. The lowest BCUT2D eigenvalue weighted by Crippen LogP contribution is -2.36. The highest BCUT2D eigenvalue weighted by molar-refractivity contribution is 5.83. The average Bonchev–Trinajstić information content (AvgIpc) is 3.18. The van der Waals surface area contributed by atoms with E-state index < -0.39 is 0 Å². The van der Waals surface area contributed by atoms with Crippen LogP contribution in [0.2, 0.25) is 0 Å². The Kier molecular flexibility index (Phi) is 4.57. The second-order valence-corrected chi connectivity index (χ2v) is 6.93. The standard InChI is InChI=1S/C22H20FN5O/c23-18-7-2-1-6-17(18)19-13-20-21(26-19)14-24-22(27-20)25-15-4-3-5-16(12-15)28-8-10-29-11-9-28/h1-7,12-14,26H,8-11H2,(H,24,25,27). The number of rotatable bonds is 4. The van der Waals surface area contributed by atoms with Crippen LogP contribution in [0.1, 0.15) is 0 Å². The molecule has 29 heavy (non-hydrogen) atoms. The maximum Gasteiger partial charge on any atom is 0.227 e.